The van der Waals surface area contributed by atoms with E-state index in [2.05, 4.69) is 4.90 Å². The lowest BCUT2D eigenvalue weighted by atomic mass is 9.90. The van der Waals surface area contributed by atoms with Gasteiger partial charge in [-0.2, -0.15) is 0 Å². The van der Waals surface area contributed by atoms with Gasteiger partial charge in [0.05, 0.1) is 23.2 Å². The smallest absolute Gasteiger partial charge is 0.240 e. The fourth-order valence-corrected chi connectivity index (χ4v) is 4.88. The summed E-state index contributed by atoms with van der Waals surface area (Å²) in [5.74, 6) is 0.404. The van der Waals surface area contributed by atoms with Gasteiger partial charge in [-0.3, -0.25) is 9.69 Å². The molecule has 1 aromatic heterocycles. The summed E-state index contributed by atoms with van der Waals surface area (Å²) >= 11 is 1.54. The molecule has 1 heterocycles. The van der Waals surface area contributed by atoms with Crippen molar-refractivity contribution >= 4 is 45.0 Å². The van der Waals surface area contributed by atoms with E-state index in [-0.39, 0.29) is 18.3 Å². The molecular weight excluding hydrogens is 466 g/mol. The molecule has 0 N–H and O–H groups in total. The molecule has 178 valence electrons. The minimum atomic E-state index is -0.395. The largest absolute Gasteiger partial charge is 0.497 e. The lowest BCUT2D eigenvalue weighted by molar-refractivity contribution is -0.119. The van der Waals surface area contributed by atoms with E-state index < -0.39 is 5.92 Å². The van der Waals surface area contributed by atoms with Crippen LogP contribution >= 0.6 is 23.7 Å². The van der Waals surface area contributed by atoms with E-state index in [0.717, 1.165) is 45.2 Å². The first-order chi connectivity index (χ1) is 16.1. The molecule has 0 bridgehead atoms. The third-order valence-corrected chi connectivity index (χ3v) is 6.64. The van der Waals surface area contributed by atoms with Crippen molar-refractivity contribution in [1.29, 1.82) is 0 Å². The van der Waals surface area contributed by atoms with Crippen molar-refractivity contribution in [2.75, 3.05) is 39.2 Å². The standard InChI is InChI=1S/C27H29N3O2S.ClH/c1-29(2)17-10-18-30(27-28-23-19-22(32-3)15-16-24(23)33-27)26(31)25(20-11-6-4-7-12-20)21-13-8-5-9-14-21;/h4-9,11-16,19,25H,10,17-18H2,1-3H3;1H. The van der Waals surface area contributed by atoms with Crippen LogP contribution in [0.3, 0.4) is 0 Å². The van der Waals surface area contributed by atoms with Crippen molar-refractivity contribution in [2.24, 2.45) is 0 Å². The number of aromatic nitrogens is 1. The van der Waals surface area contributed by atoms with Gasteiger partial charge < -0.3 is 9.64 Å². The molecule has 4 aromatic rings. The third kappa shape index (κ3) is 5.95. The van der Waals surface area contributed by atoms with Crippen LogP contribution in [-0.2, 0) is 4.79 Å². The Hall–Kier alpha value is -2.93. The molecule has 0 spiro atoms. The van der Waals surface area contributed by atoms with Crippen molar-refractivity contribution in [1.82, 2.24) is 9.88 Å². The second-order valence-corrected chi connectivity index (χ2v) is 9.24. The van der Waals surface area contributed by atoms with E-state index in [0.29, 0.717) is 6.54 Å². The molecule has 0 saturated heterocycles. The van der Waals surface area contributed by atoms with Crippen molar-refractivity contribution in [2.45, 2.75) is 12.3 Å². The summed E-state index contributed by atoms with van der Waals surface area (Å²) in [5, 5.41) is 0.721. The highest BCUT2D eigenvalue weighted by atomic mass is 35.5. The van der Waals surface area contributed by atoms with Crippen molar-refractivity contribution in [3.63, 3.8) is 0 Å². The molecule has 3 aromatic carbocycles. The minimum absolute atomic E-state index is 0. The summed E-state index contributed by atoms with van der Waals surface area (Å²) in [4.78, 5) is 23.0. The first-order valence-corrected chi connectivity index (χ1v) is 11.9. The Labute approximate surface area is 211 Å². The van der Waals surface area contributed by atoms with Gasteiger partial charge in [0.1, 0.15) is 5.75 Å². The quantitative estimate of drug-likeness (QED) is 0.292. The van der Waals surface area contributed by atoms with Crippen LogP contribution in [0.15, 0.2) is 78.9 Å². The number of benzene rings is 3. The van der Waals surface area contributed by atoms with Gasteiger partial charge in [-0.15, -0.1) is 12.4 Å². The molecule has 0 aliphatic carbocycles. The number of anilines is 1. The van der Waals surface area contributed by atoms with Gasteiger partial charge in [0.25, 0.3) is 0 Å². The van der Waals surface area contributed by atoms with E-state index >= 15 is 0 Å². The predicted molar refractivity (Wildman–Crippen MR) is 144 cm³/mol. The Balaban J connectivity index is 0.00000324. The summed E-state index contributed by atoms with van der Waals surface area (Å²) in [6.07, 6.45) is 0.855. The lowest BCUT2D eigenvalue weighted by Crippen LogP contribution is -2.37. The highest BCUT2D eigenvalue weighted by Crippen LogP contribution is 2.34. The molecule has 0 atom stereocenters. The zero-order valence-corrected chi connectivity index (χ0v) is 21.3. The molecule has 0 radical (unpaired) electrons. The Kier molecular flexibility index (Phi) is 9.05. The maximum atomic E-state index is 14.2. The SMILES string of the molecule is COc1ccc2sc(N(CCCN(C)C)C(=O)C(c3ccccc3)c3ccccc3)nc2c1.Cl. The fraction of sp³-hybridized carbons (Fsp3) is 0.259. The number of amides is 1. The molecule has 7 heteroatoms. The normalized spacial score (nSPS) is 11.0. The summed E-state index contributed by atoms with van der Waals surface area (Å²) in [6, 6.07) is 25.8. The minimum Gasteiger partial charge on any atom is -0.497 e. The Bertz CT molecular complexity index is 1160. The van der Waals surface area contributed by atoms with Crippen LogP contribution in [0.25, 0.3) is 10.2 Å². The van der Waals surface area contributed by atoms with Gasteiger partial charge in [0.15, 0.2) is 5.13 Å². The van der Waals surface area contributed by atoms with E-state index in [9.17, 15) is 4.79 Å². The van der Waals surface area contributed by atoms with Gasteiger partial charge in [0, 0.05) is 12.6 Å². The van der Waals surface area contributed by atoms with Crippen LogP contribution in [0.5, 0.6) is 5.75 Å². The van der Waals surface area contributed by atoms with Gasteiger partial charge in [-0.25, -0.2) is 4.98 Å². The monoisotopic (exact) mass is 495 g/mol. The predicted octanol–water partition coefficient (Wildman–Crippen LogP) is 5.84. The Morgan fingerprint density at radius 2 is 1.56 bits per heavy atom. The number of methoxy groups -OCH3 is 1. The van der Waals surface area contributed by atoms with Gasteiger partial charge in [-0.05, 0) is 50.3 Å². The highest BCUT2D eigenvalue weighted by Gasteiger charge is 2.30. The average Bonchev–Trinajstić information content (AvgIpc) is 3.26. The molecule has 0 fully saturated rings. The maximum absolute atomic E-state index is 14.2. The molecule has 5 nitrogen and oxygen atoms in total. The van der Waals surface area contributed by atoms with Crippen LogP contribution in [-0.4, -0.2) is 50.1 Å². The zero-order valence-electron chi connectivity index (χ0n) is 19.7. The molecule has 0 unspecified atom stereocenters. The molecule has 34 heavy (non-hydrogen) atoms. The number of fused-ring (bicyclic) bond motifs is 1. The van der Waals surface area contributed by atoms with Crippen LogP contribution < -0.4 is 9.64 Å². The summed E-state index contributed by atoms with van der Waals surface area (Å²) in [5.41, 5.74) is 2.80. The van der Waals surface area contributed by atoms with Gasteiger partial charge in [0.2, 0.25) is 5.91 Å². The van der Waals surface area contributed by atoms with Crippen molar-refractivity contribution in [3.8, 4) is 5.75 Å². The van der Waals surface area contributed by atoms with E-state index in [1.807, 2.05) is 97.9 Å². The molecule has 4 rings (SSSR count). The fourth-order valence-electron chi connectivity index (χ4n) is 3.91. The number of rotatable bonds is 9. The Morgan fingerprint density at radius 3 is 2.12 bits per heavy atom. The van der Waals surface area contributed by atoms with E-state index in [1.54, 1.807) is 18.4 Å². The lowest BCUT2D eigenvalue weighted by Gasteiger charge is -2.26. The second kappa shape index (κ2) is 12.0. The third-order valence-electron chi connectivity index (χ3n) is 5.58. The summed E-state index contributed by atoms with van der Waals surface area (Å²) in [7, 11) is 5.75. The molecule has 0 saturated carbocycles. The van der Waals surface area contributed by atoms with Gasteiger partial charge >= 0.3 is 0 Å². The van der Waals surface area contributed by atoms with Crippen molar-refractivity contribution < 1.29 is 9.53 Å². The summed E-state index contributed by atoms with van der Waals surface area (Å²) in [6.45, 7) is 1.49. The second-order valence-electron chi connectivity index (χ2n) is 8.23. The number of halogens is 1. The zero-order chi connectivity index (χ0) is 23.2. The highest BCUT2D eigenvalue weighted by molar-refractivity contribution is 7.22. The first kappa shape index (κ1) is 25.7. The molecule has 1 amide bonds. The molecule has 0 aliphatic rings. The summed E-state index contributed by atoms with van der Waals surface area (Å²) < 4.78 is 6.40. The van der Waals surface area contributed by atoms with E-state index in [1.165, 1.54) is 0 Å². The molecular formula is C27H30ClN3O2S. The van der Waals surface area contributed by atoms with Crippen LogP contribution in [0, 0.1) is 0 Å². The first-order valence-electron chi connectivity index (χ1n) is 11.1. The number of nitrogens with zero attached hydrogens (tertiary/aromatic N) is 3. The van der Waals surface area contributed by atoms with Crippen molar-refractivity contribution in [3.05, 3.63) is 90.0 Å². The number of thiazole rings is 1. The topological polar surface area (TPSA) is 45.7 Å². The van der Waals surface area contributed by atoms with Crippen LogP contribution in [0.2, 0.25) is 0 Å². The number of hydrogen-bond acceptors (Lipinski definition) is 5. The van der Waals surface area contributed by atoms with Gasteiger partial charge in [-0.1, -0.05) is 72.0 Å². The Morgan fingerprint density at radius 1 is 0.941 bits per heavy atom. The molecule has 0 aliphatic heterocycles. The number of ether oxygens (including phenoxy) is 1. The van der Waals surface area contributed by atoms with Crippen LogP contribution in [0.4, 0.5) is 5.13 Å². The van der Waals surface area contributed by atoms with Crippen LogP contribution in [0.1, 0.15) is 23.5 Å². The maximum Gasteiger partial charge on any atom is 0.240 e. The number of hydrogen-bond donors (Lipinski definition) is 0. The average molecular weight is 496 g/mol. The number of carbonyl (C=O) groups excluding carboxylic acids is 1. The van der Waals surface area contributed by atoms with E-state index in [4.69, 9.17) is 9.72 Å². The number of carbonyl (C=O) groups is 1.